The number of rotatable bonds is 10. The fraction of sp³-hybridized carbons (Fsp3) is 0.310. The van der Waals surface area contributed by atoms with Gasteiger partial charge >= 0.3 is 0 Å². The number of hydrogen-bond donors (Lipinski definition) is 1. The Morgan fingerprint density at radius 3 is 2.17 bits per heavy atom. The molecular weight excluding hydrogens is 456 g/mol. The number of carbonyl (C=O) groups is 2. The molecule has 0 radical (unpaired) electrons. The summed E-state index contributed by atoms with van der Waals surface area (Å²) in [4.78, 5) is 30.0. The molecule has 0 saturated heterocycles. The van der Waals surface area contributed by atoms with Gasteiger partial charge in [0.2, 0.25) is 11.8 Å². The summed E-state index contributed by atoms with van der Waals surface area (Å²) < 4.78 is 5.38. The van der Waals surface area contributed by atoms with Crippen LogP contribution in [0.15, 0.2) is 89.8 Å². The summed E-state index contributed by atoms with van der Waals surface area (Å²) in [6.45, 7) is 6.15. The van der Waals surface area contributed by atoms with Crippen molar-refractivity contribution in [2.24, 2.45) is 0 Å². The Labute approximate surface area is 212 Å². The van der Waals surface area contributed by atoms with Gasteiger partial charge in [0.1, 0.15) is 11.8 Å². The molecular formula is C29H34N2O3S. The second-order valence-corrected chi connectivity index (χ2v) is 10.5. The first-order chi connectivity index (χ1) is 16.7. The topological polar surface area (TPSA) is 58.6 Å². The third kappa shape index (κ3) is 8.48. The normalized spacial score (nSPS) is 12.0. The molecule has 3 aromatic carbocycles. The molecule has 5 nitrogen and oxygen atoms in total. The predicted octanol–water partition coefficient (Wildman–Crippen LogP) is 5.34. The van der Waals surface area contributed by atoms with Crippen LogP contribution in [0.5, 0.6) is 5.75 Å². The van der Waals surface area contributed by atoms with Crippen molar-refractivity contribution < 1.29 is 14.3 Å². The first-order valence-electron chi connectivity index (χ1n) is 11.7. The number of hydrogen-bond acceptors (Lipinski definition) is 4. The smallest absolute Gasteiger partial charge is 0.243 e. The molecule has 0 saturated carbocycles. The molecule has 6 heteroatoms. The molecule has 3 aromatic rings. The minimum Gasteiger partial charge on any atom is -0.497 e. The lowest BCUT2D eigenvalue weighted by atomic mass is 10.0. The van der Waals surface area contributed by atoms with Gasteiger partial charge in [0.05, 0.1) is 12.9 Å². The molecule has 0 unspecified atom stereocenters. The van der Waals surface area contributed by atoms with Crippen LogP contribution in [0.3, 0.4) is 0 Å². The Morgan fingerprint density at radius 2 is 1.54 bits per heavy atom. The van der Waals surface area contributed by atoms with Crippen LogP contribution in [0.4, 0.5) is 0 Å². The van der Waals surface area contributed by atoms with Crippen molar-refractivity contribution in [3.05, 3.63) is 96.1 Å². The van der Waals surface area contributed by atoms with E-state index in [4.69, 9.17) is 4.74 Å². The van der Waals surface area contributed by atoms with E-state index in [2.05, 4.69) is 5.32 Å². The molecule has 0 fully saturated rings. The van der Waals surface area contributed by atoms with E-state index in [0.717, 1.165) is 16.0 Å². The summed E-state index contributed by atoms with van der Waals surface area (Å²) in [6.07, 6.45) is 0.425. The zero-order chi connectivity index (χ0) is 25.3. The van der Waals surface area contributed by atoms with Crippen LogP contribution < -0.4 is 10.1 Å². The molecule has 0 aliphatic rings. The van der Waals surface area contributed by atoms with Gasteiger partial charge in [-0.1, -0.05) is 60.7 Å². The molecule has 1 N–H and O–H groups in total. The molecule has 35 heavy (non-hydrogen) atoms. The summed E-state index contributed by atoms with van der Waals surface area (Å²) in [7, 11) is 1.62. The summed E-state index contributed by atoms with van der Waals surface area (Å²) >= 11 is 1.48. The number of ether oxygens (including phenoxy) is 1. The SMILES string of the molecule is COc1cccc(CN(C(=O)CSc2ccccc2)[C@H](Cc2ccccc2)C(=O)NC(C)(C)C)c1. The van der Waals surface area contributed by atoms with Gasteiger partial charge in [-0.25, -0.2) is 0 Å². The van der Waals surface area contributed by atoms with Crippen LogP contribution in [-0.2, 0) is 22.6 Å². The van der Waals surface area contributed by atoms with E-state index in [1.54, 1.807) is 12.0 Å². The van der Waals surface area contributed by atoms with E-state index in [9.17, 15) is 9.59 Å². The molecule has 0 aromatic heterocycles. The van der Waals surface area contributed by atoms with Gasteiger partial charge in [0.15, 0.2) is 0 Å². The van der Waals surface area contributed by atoms with Gasteiger partial charge in [0, 0.05) is 23.4 Å². The van der Waals surface area contributed by atoms with Crippen LogP contribution >= 0.6 is 11.8 Å². The number of methoxy groups -OCH3 is 1. The lowest BCUT2D eigenvalue weighted by Crippen LogP contribution is -2.54. The Balaban J connectivity index is 1.94. The molecule has 0 bridgehead atoms. The van der Waals surface area contributed by atoms with Gasteiger partial charge in [-0.2, -0.15) is 0 Å². The molecule has 0 heterocycles. The Kier molecular flexibility index (Phi) is 9.38. The number of nitrogens with one attached hydrogen (secondary N) is 1. The molecule has 2 amide bonds. The number of benzene rings is 3. The van der Waals surface area contributed by atoms with Gasteiger partial charge in [0.25, 0.3) is 0 Å². The third-order valence-corrected chi connectivity index (χ3v) is 6.36. The lowest BCUT2D eigenvalue weighted by Gasteiger charge is -2.34. The molecule has 3 rings (SSSR count). The number of carbonyl (C=O) groups excluding carboxylic acids is 2. The summed E-state index contributed by atoms with van der Waals surface area (Å²) in [5, 5.41) is 3.09. The lowest BCUT2D eigenvalue weighted by molar-refractivity contribution is -0.140. The van der Waals surface area contributed by atoms with Crippen LogP contribution in [0.25, 0.3) is 0 Å². The maximum atomic E-state index is 13.7. The van der Waals surface area contributed by atoms with Crippen molar-refractivity contribution in [3.8, 4) is 5.75 Å². The zero-order valence-electron chi connectivity index (χ0n) is 20.9. The van der Waals surface area contributed by atoms with Crippen molar-refractivity contribution in [1.82, 2.24) is 10.2 Å². The average Bonchev–Trinajstić information content (AvgIpc) is 2.85. The Bertz CT molecular complexity index is 1100. The molecule has 184 valence electrons. The third-order valence-electron chi connectivity index (χ3n) is 5.36. The minimum absolute atomic E-state index is 0.0911. The van der Waals surface area contributed by atoms with Gasteiger partial charge in [-0.05, 0) is 56.2 Å². The van der Waals surface area contributed by atoms with E-state index in [0.29, 0.717) is 18.7 Å². The maximum Gasteiger partial charge on any atom is 0.243 e. The molecule has 1 atom stereocenters. The largest absolute Gasteiger partial charge is 0.497 e. The molecule has 0 spiro atoms. The molecule has 0 aliphatic carbocycles. The monoisotopic (exact) mass is 490 g/mol. The number of nitrogens with zero attached hydrogens (tertiary/aromatic N) is 1. The van der Waals surface area contributed by atoms with Crippen LogP contribution in [0.2, 0.25) is 0 Å². The van der Waals surface area contributed by atoms with Crippen molar-refractivity contribution in [1.29, 1.82) is 0 Å². The fourth-order valence-corrected chi connectivity index (χ4v) is 4.52. The van der Waals surface area contributed by atoms with Crippen LogP contribution in [0, 0.1) is 0 Å². The van der Waals surface area contributed by atoms with E-state index in [1.807, 2.05) is 106 Å². The van der Waals surface area contributed by atoms with E-state index >= 15 is 0 Å². The van der Waals surface area contributed by atoms with Crippen LogP contribution in [-0.4, -0.2) is 41.2 Å². The van der Waals surface area contributed by atoms with Gasteiger partial charge in [-0.3, -0.25) is 9.59 Å². The summed E-state index contributed by atoms with van der Waals surface area (Å²) in [5.41, 5.74) is 1.49. The highest BCUT2D eigenvalue weighted by atomic mass is 32.2. The number of thioether (sulfide) groups is 1. The van der Waals surface area contributed by atoms with Gasteiger partial charge < -0.3 is 15.0 Å². The van der Waals surface area contributed by atoms with E-state index in [-0.39, 0.29) is 17.6 Å². The number of amides is 2. The predicted molar refractivity (Wildman–Crippen MR) is 143 cm³/mol. The van der Waals surface area contributed by atoms with Crippen molar-refractivity contribution in [2.75, 3.05) is 12.9 Å². The maximum absolute atomic E-state index is 13.7. The van der Waals surface area contributed by atoms with E-state index in [1.165, 1.54) is 11.8 Å². The van der Waals surface area contributed by atoms with Crippen molar-refractivity contribution in [3.63, 3.8) is 0 Å². The standard InChI is InChI=1S/C29H34N2O3S/c1-29(2,3)30-28(33)26(19-22-12-7-5-8-13-22)31(20-23-14-11-15-24(18-23)34-4)27(32)21-35-25-16-9-6-10-17-25/h5-18,26H,19-21H2,1-4H3,(H,30,33)/t26-/m1/s1. The Hall–Kier alpha value is -3.25. The summed E-state index contributed by atoms with van der Waals surface area (Å²) in [6, 6.07) is 26.6. The Morgan fingerprint density at radius 1 is 0.914 bits per heavy atom. The zero-order valence-corrected chi connectivity index (χ0v) is 21.7. The summed E-state index contributed by atoms with van der Waals surface area (Å²) in [5.74, 6) is 0.698. The average molecular weight is 491 g/mol. The fourth-order valence-electron chi connectivity index (χ4n) is 3.72. The highest BCUT2D eigenvalue weighted by Gasteiger charge is 2.32. The van der Waals surface area contributed by atoms with Crippen molar-refractivity contribution in [2.45, 2.75) is 50.2 Å². The van der Waals surface area contributed by atoms with E-state index < -0.39 is 11.6 Å². The molecule has 0 aliphatic heterocycles. The highest BCUT2D eigenvalue weighted by molar-refractivity contribution is 8.00. The quantitative estimate of drug-likeness (QED) is 0.390. The van der Waals surface area contributed by atoms with Gasteiger partial charge in [-0.15, -0.1) is 11.8 Å². The second-order valence-electron chi connectivity index (χ2n) is 9.42. The van der Waals surface area contributed by atoms with Crippen molar-refractivity contribution >= 4 is 23.6 Å². The highest BCUT2D eigenvalue weighted by Crippen LogP contribution is 2.22. The van der Waals surface area contributed by atoms with Crippen LogP contribution in [0.1, 0.15) is 31.9 Å². The first kappa shape index (κ1) is 26.4. The second kappa shape index (κ2) is 12.5. The first-order valence-corrected chi connectivity index (χ1v) is 12.7. The minimum atomic E-state index is -0.660.